The molecular formula is C15H24N2O2S. The molecule has 1 fully saturated rings. The van der Waals surface area contributed by atoms with Gasteiger partial charge in [-0.05, 0) is 36.6 Å². The SMILES string of the molecule is COC1CCN(C(=O)NC[C@H](C)Cc2cccs2)CC1. The van der Waals surface area contributed by atoms with Gasteiger partial charge < -0.3 is 15.0 Å². The van der Waals surface area contributed by atoms with Crippen LogP contribution >= 0.6 is 11.3 Å². The van der Waals surface area contributed by atoms with Crippen molar-refractivity contribution in [1.82, 2.24) is 10.2 Å². The van der Waals surface area contributed by atoms with Crippen LogP contribution in [0.15, 0.2) is 17.5 Å². The third-order valence-electron chi connectivity index (χ3n) is 3.79. The normalized spacial score (nSPS) is 18.0. The quantitative estimate of drug-likeness (QED) is 0.908. The van der Waals surface area contributed by atoms with E-state index in [-0.39, 0.29) is 6.03 Å². The highest BCUT2D eigenvalue weighted by atomic mass is 32.1. The fraction of sp³-hybridized carbons (Fsp3) is 0.667. The predicted octanol–water partition coefficient (Wildman–Crippen LogP) is 2.75. The molecule has 1 aliphatic rings. The summed E-state index contributed by atoms with van der Waals surface area (Å²) in [5, 5.41) is 5.15. The molecule has 20 heavy (non-hydrogen) atoms. The number of methoxy groups -OCH3 is 1. The zero-order chi connectivity index (χ0) is 14.4. The van der Waals surface area contributed by atoms with Crippen molar-refractivity contribution in [3.8, 4) is 0 Å². The summed E-state index contributed by atoms with van der Waals surface area (Å²) >= 11 is 1.78. The van der Waals surface area contributed by atoms with Crippen molar-refractivity contribution in [1.29, 1.82) is 0 Å². The topological polar surface area (TPSA) is 41.6 Å². The maximum Gasteiger partial charge on any atom is 0.317 e. The van der Waals surface area contributed by atoms with E-state index in [1.165, 1.54) is 4.88 Å². The first kappa shape index (κ1) is 15.3. The van der Waals surface area contributed by atoms with Gasteiger partial charge >= 0.3 is 6.03 Å². The zero-order valence-corrected chi connectivity index (χ0v) is 13.1. The minimum Gasteiger partial charge on any atom is -0.381 e. The van der Waals surface area contributed by atoms with Crippen LogP contribution in [0.3, 0.4) is 0 Å². The number of nitrogens with one attached hydrogen (secondary N) is 1. The summed E-state index contributed by atoms with van der Waals surface area (Å²) < 4.78 is 5.32. The third kappa shape index (κ3) is 4.49. The first-order chi connectivity index (χ1) is 9.69. The second kappa shape index (κ2) is 7.64. The molecule has 2 heterocycles. The smallest absolute Gasteiger partial charge is 0.317 e. The van der Waals surface area contributed by atoms with Gasteiger partial charge in [0.1, 0.15) is 0 Å². The van der Waals surface area contributed by atoms with Crippen molar-refractivity contribution >= 4 is 17.4 Å². The highest BCUT2D eigenvalue weighted by Gasteiger charge is 2.22. The van der Waals surface area contributed by atoms with Gasteiger partial charge in [-0.15, -0.1) is 11.3 Å². The van der Waals surface area contributed by atoms with Crippen LogP contribution in [-0.2, 0) is 11.2 Å². The van der Waals surface area contributed by atoms with E-state index < -0.39 is 0 Å². The van der Waals surface area contributed by atoms with E-state index in [0.29, 0.717) is 12.0 Å². The van der Waals surface area contributed by atoms with Crippen molar-refractivity contribution in [2.45, 2.75) is 32.3 Å². The molecule has 0 unspecified atom stereocenters. The molecule has 2 amide bonds. The molecule has 1 atom stereocenters. The minimum atomic E-state index is 0.0672. The fourth-order valence-electron chi connectivity index (χ4n) is 2.51. The second-order valence-electron chi connectivity index (χ2n) is 5.50. The van der Waals surface area contributed by atoms with Crippen LogP contribution in [0.5, 0.6) is 0 Å². The van der Waals surface area contributed by atoms with Gasteiger partial charge in [-0.2, -0.15) is 0 Å². The van der Waals surface area contributed by atoms with Crippen LogP contribution in [0.2, 0.25) is 0 Å². The Bertz CT molecular complexity index is 400. The van der Waals surface area contributed by atoms with E-state index in [9.17, 15) is 4.79 Å². The van der Waals surface area contributed by atoms with Crippen molar-refractivity contribution < 1.29 is 9.53 Å². The molecular weight excluding hydrogens is 272 g/mol. The second-order valence-corrected chi connectivity index (χ2v) is 6.53. The van der Waals surface area contributed by atoms with Gasteiger partial charge in [0.05, 0.1) is 6.10 Å². The molecule has 112 valence electrons. The fourth-order valence-corrected chi connectivity index (χ4v) is 3.38. The largest absolute Gasteiger partial charge is 0.381 e. The summed E-state index contributed by atoms with van der Waals surface area (Å²) in [5.74, 6) is 0.467. The summed E-state index contributed by atoms with van der Waals surface area (Å²) in [6, 6.07) is 4.29. The number of ether oxygens (including phenoxy) is 1. The lowest BCUT2D eigenvalue weighted by molar-refractivity contribution is 0.0502. The molecule has 0 spiro atoms. The van der Waals surface area contributed by atoms with Crippen molar-refractivity contribution in [2.24, 2.45) is 5.92 Å². The van der Waals surface area contributed by atoms with Crippen molar-refractivity contribution in [3.63, 3.8) is 0 Å². The summed E-state index contributed by atoms with van der Waals surface area (Å²) in [4.78, 5) is 15.4. The van der Waals surface area contributed by atoms with Gasteiger partial charge in [0.2, 0.25) is 0 Å². The molecule has 5 heteroatoms. The van der Waals surface area contributed by atoms with Gasteiger partial charge in [0.25, 0.3) is 0 Å². The summed E-state index contributed by atoms with van der Waals surface area (Å²) in [5.41, 5.74) is 0. The highest BCUT2D eigenvalue weighted by Crippen LogP contribution is 2.15. The lowest BCUT2D eigenvalue weighted by atomic mass is 10.1. The van der Waals surface area contributed by atoms with Crippen LogP contribution < -0.4 is 5.32 Å². The van der Waals surface area contributed by atoms with E-state index in [4.69, 9.17) is 4.74 Å². The number of nitrogens with zero attached hydrogens (tertiary/aromatic N) is 1. The predicted molar refractivity (Wildman–Crippen MR) is 82.2 cm³/mol. The van der Waals surface area contributed by atoms with E-state index in [2.05, 4.69) is 29.8 Å². The van der Waals surface area contributed by atoms with E-state index in [1.54, 1.807) is 18.4 Å². The monoisotopic (exact) mass is 296 g/mol. The third-order valence-corrected chi connectivity index (χ3v) is 4.69. The van der Waals surface area contributed by atoms with Crippen molar-refractivity contribution in [3.05, 3.63) is 22.4 Å². The van der Waals surface area contributed by atoms with E-state index >= 15 is 0 Å². The highest BCUT2D eigenvalue weighted by molar-refractivity contribution is 7.09. The zero-order valence-electron chi connectivity index (χ0n) is 12.3. The molecule has 2 rings (SSSR count). The van der Waals surface area contributed by atoms with Crippen LogP contribution in [0, 0.1) is 5.92 Å². The molecule has 0 saturated carbocycles. The number of carbonyl (C=O) groups excluding carboxylic acids is 1. The average molecular weight is 296 g/mol. The number of urea groups is 1. The summed E-state index contributed by atoms with van der Waals surface area (Å²) in [6.07, 6.45) is 3.23. The number of likely N-dealkylation sites (tertiary alicyclic amines) is 1. The Morgan fingerprint density at radius 2 is 2.30 bits per heavy atom. The number of thiophene rings is 1. The van der Waals surface area contributed by atoms with E-state index in [1.807, 2.05) is 4.90 Å². The summed E-state index contributed by atoms with van der Waals surface area (Å²) in [7, 11) is 1.74. The molecule has 0 aliphatic carbocycles. The van der Waals surface area contributed by atoms with Crippen LogP contribution in [0.25, 0.3) is 0 Å². The maximum absolute atomic E-state index is 12.1. The molecule has 4 nitrogen and oxygen atoms in total. The van der Waals surface area contributed by atoms with Gasteiger partial charge in [0.15, 0.2) is 0 Å². The molecule has 1 aromatic heterocycles. The van der Waals surface area contributed by atoms with Crippen LogP contribution in [-0.4, -0.2) is 43.8 Å². The number of hydrogen-bond acceptors (Lipinski definition) is 3. The molecule has 0 aromatic carbocycles. The number of hydrogen-bond donors (Lipinski definition) is 1. The lowest BCUT2D eigenvalue weighted by Crippen LogP contribution is -2.46. The molecule has 0 bridgehead atoms. The standard InChI is InChI=1S/C15H24N2O2S/c1-12(10-14-4-3-9-20-14)11-16-15(18)17-7-5-13(19-2)6-8-17/h3-4,9,12-13H,5-8,10-11H2,1-2H3,(H,16,18)/t12-/m1/s1. The average Bonchev–Trinajstić information content (AvgIpc) is 2.97. The Morgan fingerprint density at radius 1 is 1.55 bits per heavy atom. The first-order valence-corrected chi connectivity index (χ1v) is 8.15. The lowest BCUT2D eigenvalue weighted by Gasteiger charge is -2.31. The number of rotatable bonds is 5. The Hall–Kier alpha value is -1.07. The number of amides is 2. The first-order valence-electron chi connectivity index (χ1n) is 7.27. The number of piperidine rings is 1. The van der Waals surface area contributed by atoms with Crippen molar-refractivity contribution in [2.75, 3.05) is 26.7 Å². The summed E-state index contributed by atoms with van der Waals surface area (Å²) in [6.45, 7) is 4.51. The van der Waals surface area contributed by atoms with Gasteiger partial charge in [-0.3, -0.25) is 0 Å². The Morgan fingerprint density at radius 3 is 2.90 bits per heavy atom. The van der Waals surface area contributed by atoms with Gasteiger partial charge in [-0.25, -0.2) is 4.79 Å². The molecule has 1 saturated heterocycles. The molecule has 1 N–H and O–H groups in total. The van der Waals surface area contributed by atoms with Crippen LogP contribution in [0.4, 0.5) is 4.79 Å². The Kier molecular flexibility index (Phi) is 5.86. The molecule has 0 radical (unpaired) electrons. The Balaban J connectivity index is 1.67. The number of carbonyl (C=O) groups is 1. The maximum atomic E-state index is 12.1. The van der Waals surface area contributed by atoms with Crippen LogP contribution in [0.1, 0.15) is 24.6 Å². The van der Waals surface area contributed by atoms with Gasteiger partial charge in [-0.1, -0.05) is 13.0 Å². The van der Waals surface area contributed by atoms with Gasteiger partial charge in [0, 0.05) is 31.6 Å². The molecule has 1 aromatic rings. The Labute approximate surface area is 125 Å². The van der Waals surface area contributed by atoms with E-state index in [0.717, 1.165) is 38.9 Å². The molecule has 1 aliphatic heterocycles. The minimum absolute atomic E-state index is 0.0672.